The maximum atomic E-state index is 5.46. The van der Waals surface area contributed by atoms with E-state index in [2.05, 4.69) is 22.7 Å². The Balaban J connectivity index is 2.23. The number of nitrogens with one attached hydrogen (secondary N) is 2. The van der Waals surface area contributed by atoms with Gasteiger partial charge < -0.3 is 5.32 Å². The number of guanidine groups is 1. The van der Waals surface area contributed by atoms with Gasteiger partial charge in [0.2, 0.25) is 5.96 Å². The van der Waals surface area contributed by atoms with Crippen LogP contribution in [0.5, 0.6) is 0 Å². The normalized spacial score (nSPS) is 18.5. The highest BCUT2D eigenvalue weighted by Gasteiger charge is 2.13. The summed E-state index contributed by atoms with van der Waals surface area (Å²) in [6.07, 6.45) is 10.1. The predicted molar refractivity (Wildman–Crippen MR) is 69.2 cm³/mol. The summed E-state index contributed by atoms with van der Waals surface area (Å²) in [4.78, 5) is 4.44. The molecule has 4 heteroatoms. The Hall–Kier alpha value is -0.770. The van der Waals surface area contributed by atoms with Crippen LogP contribution < -0.4 is 16.6 Å². The highest BCUT2D eigenvalue weighted by Crippen LogP contribution is 2.17. The number of hydrogen-bond acceptors (Lipinski definition) is 2. The molecule has 0 atom stereocenters. The van der Waals surface area contributed by atoms with E-state index < -0.39 is 0 Å². The molecule has 0 unspecified atom stereocenters. The average Bonchev–Trinajstić information content (AvgIpc) is 2.34. The Bertz CT molecular complexity index is 197. The molecule has 1 saturated carbocycles. The second-order valence-corrected chi connectivity index (χ2v) is 4.56. The fourth-order valence-electron chi connectivity index (χ4n) is 2.13. The van der Waals surface area contributed by atoms with Gasteiger partial charge in [-0.25, -0.2) is 5.84 Å². The molecule has 0 bridgehead atoms. The SMILES string of the molecule is CCCCCN=C(NN)NC1CCCCC1. The summed E-state index contributed by atoms with van der Waals surface area (Å²) in [7, 11) is 0. The molecule has 1 rings (SSSR count). The van der Waals surface area contributed by atoms with Crippen molar-refractivity contribution in [3.8, 4) is 0 Å². The van der Waals surface area contributed by atoms with Crippen LogP contribution in [0.4, 0.5) is 0 Å². The molecule has 0 saturated heterocycles. The first-order valence-electron chi connectivity index (χ1n) is 6.64. The van der Waals surface area contributed by atoms with Crippen LogP contribution in [0.1, 0.15) is 58.3 Å². The molecule has 4 nitrogen and oxygen atoms in total. The van der Waals surface area contributed by atoms with Crippen molar-refractivity contribution in [1.82, 2.24) is 10.7 Å². The van der Waals surface area contributed by atoms with Crippen LogP contribution in [0.3, 0.4) is 0 Å². The van der Waals surface area contributed by atoms with Crippen LogP contribution in [-0.4, -0.2) is 18.5 Å². The molecule has 1 fully saturated rings. The van der Waals surface area contributed by atoms with Gasteiger partial charge in [-0.15, -0.1) is 0 Å². The van der Waals surface area contributed by atoms with Crippen molar-refractivity contribution >= 4 is 5.96 Å². The number of unbranched alkanes of at least 4 members (excludes halogenated alkanes) is 2. The van der Waals surface area contributed by atoms with E-state index in [9.17, 15) is 0 Å². The van der Waals surface area contributed by atoms with Gasteiger partial charge in [0.1, 0.15) is 0 Å². The van der Waals surface area contributed by atoms with Crippen LogP contribution in [0.25, 0.3) is 0 Å². The quantitative estimate of drug-likeness (QED) is 0.221. The minimum atomic E-state index is 0.565. The molecule has 1 aliphatic rings. The summed E-state index contributed by atoms with van der Waals surface area (Å²) in [5.74, 6) is 6.23. The van der Waals surface area contributed by atoms with E-state index >= 15 is 0 Å². The number of hydrogen-bond donors (Lipinski definition) is 3. The van der Waals surface area contributed by atoms with Crippen molar-refractivity contribution < 1.29 is 0 Å². The van der Waals surface area contributed by atoms with Gasteiger partial charge in [0.05, 0.1) is 0 Å². The first-order valence-corrected chi connectivity index (χ1v) is 6.64. The van der Waals surface area contributed by atoms with E-state index in [1.807, 2.05) is 0 Å². The Morgan fingerprint density at radius 2 is 2.00 bits per heavy atom. The van der Waals surface area contributed by atoms with Gasteiger partial charge >= 0.3 is 0 Å². The molecule has 1 aliphatic carbocycles. The van der Waals surface area contributed by atoms with Gasteiger partial charge in [-0.1, -0.05) is 39.0 Å². The van der Waals surface area contributed by atoms with E-state index in [0.717, 1.165) is 18.9 Å². The Morgan fingerprint density at radius 1 is 1.25 bits per heavy atom. The summed E-state index contributed by atoms with van der Waals surface area (Å²) in [6.45, 7) is 3.07. The lowest BCUT2D eigenvalue weighted by molar-refractivity contribution is 0.410. The molecule has 16 heavy (non-hydrogen) atoms. The molecule has 0 aliphatic heterocycles. The Kier molecular flexibility index (Phi) is 6.97. The van der Waals surface area contributed by atoms with E-state index in [4.69, 9.17) is 5.84 Å². The fraction of sp³-hybridized carbons (Fsp3) is 0.917. The smallest absolute Gasteiger partial charge is 0.205 e. The lowest BCUT2D eigenvalue weighted by atomic mass is 9.96. The summed E-state index contributed by atoms with van der Waals surface area (Å²) in [5.41, 5.74) is 2.67. The lowest BCUT2D eigenvalue weighted by Gasteiger charge is -2.24. The summed E-state index contributed by atoms with van der Waals surface area (Å²) >= 11 is 0. The first-order chi connectivity index (χ1) is 7.86. The molecule has 0 aromatic heterocycles. The van der Waals surface area contributed by atoms with Crippen molar-refractivity contribution in [1.29, 1.82) is 0 Å². The van der Waals surface area contributed by atoms with Gasteiger partial charge in [-0.2, -0.15) is 0 Å². The molecule has 4 N–H and O–H groups in total. The molecule has 0 heterocycles. The van der Waals surface area contributed by atoms with E-state index in [-0.39, 0.29) is 0 Å². The van der Waals surface area contributed by atoms with Crippen molar-refractivity contribution in [2.24, 2.45) is 10.8 Å². The maximum absolute atomic E-state index is 5.46. The zero-order valence-electron chi connectivity index (χ0n) is 10.5. The lowest BCUT2D eigenvalue weighted by Crippen LogP contribution is -2.47. The highest BCUT2D eigenvalue weighted by atomic mass is 15.3. The van der Waals surface area contributed by atoms with Gasteiger partial charge in [0.15, 0.2) is 0 Å². The minimum Gasteiger partial charge on any atom is -0.353 e. The predicted octanol–water partition coefficient (Wildman–Crippen LogP) is 1.92. The topological polar surface area (TPSA) is 62.4 Å². The van der Waals surface area contributed by atoms with E-state index in [1.165, 1.54) is 44.9 Å². The second kappa shape index (κ2) is 8.39. The third-order valence-corrected chi connectivity index (χ3v) is 3.11. The molecule has 94 valence electrons. The third-order valence-electron chi connectivity index (χ3n) is 3.11. The van der Waals surface area contributed by atoms with Crippen LogP contribution in [0, 0.1) is 0 Å². The van der Waals surface area contributed by atoms with Crippen molar-refractivity contribution in [2.45, 2.75) is 64.3 Å². The fourth-order valence-corrected chi connectivity index (χ4v) is 2.13. The summed E-state index contributed by atoms with van der Waals surface area (Å²) in [5, 5.41) is 3.40. The molecular weight excluding hydrogens is 200 g/mol. The van der Waals surface area contributed by atoms with E-state index in [0.29, 0.717) is 6.04 Å². The molecule has 0 radical (unpaired) electrons. The second-order valence-electron chi connectivity index (χ2n) is 4.56. The van der Waals surface area contributed by atoms with Crippen molar-refractivity contribution in [2.75, 3.05) is 6.54 Å². The molecular formula is C12H26N4. The first kappa shape index (κ1) is 13.3. The number of hydrazine groups is 1. The van der Waals surface area contributed by atoms with Gasteiger partial charge in [0.25, 0.3) is 0 Å². The van der Waals surface area contributed by atoms with E-state index in [1.54, 1.807) is 0 Å². The summed E-state index contributed by atoms with van der Waals surface area (Å²) in [6, 6.07) is 0.565. The summed E-state index contributed by atoms with van der Waals surface area (Å²) < 4.78 is 0. The zero-order valence-corrected chi connectivity index (χ0v) is 10.5. The third kappa shape index (κ3) is 5.35. The molecule has 0 spiro atoms. The standard InChI is InChI=1S/C12H26N4/c1-2-3-7-10-14-12(16-13)15-11-8-5-4-6-9-11/h11H,2-10,13H2,1H3,(H2,14,15,16). The highest BCUT2D eigenvalue weighted by molar-refractivity contribution is 5.79. The van der Waals surface area contributed by atoms with Crippen molar-refractivity contribution in [3.05, 3.63) is 0 Å². The molecule has 0 amide bonds. The minimum absolute atomic E-state index is 0.565. The van der Waals surface area contributed by atoms with Crippen LogP contribution in [0.2, 0.25) is 0 Å². The van der Waals surface area contributed by atoms with Gasteiger partial charge in [-0.3, -0.25) is 10.4 Å². The maximum Gasteiger partial charge on any atom is 0.205 e. The number of nitrogens with two attached hydrogens (primary N) is 1. The Morgan fingerprint density at radius 3 is 2.62 bits per heavy atom. The van der Waals surface area contributed by atoms with Gasteiger partial charge in [-0.05, 0) is 19.3 Å². The number of aliphatic imine (C=N–C) groups is 1. The number of rotatable bonds is 5. The van der Waals surface area contributed by atoms with Crippen LogP contribution >= 0.6 is 0 Å². The zero-order chi connectivity index (χ0) is 11.6. The number of nitrogens with zero attached hydrogens (tertiary/aromatic N) is 1. The molecule has 0 aromatic carbocycles. The average molecular weight is 226 g/mol. The largest absolute Gasteiger partial charge is 0.353 e. The van der Waals surface area contributed by atoms with Crippen LogP contribution in [-0.2, 0) is 0 Å². The van der Waals surface area contributed by atoms with Gasteiger partial charge in [0, 0.05) is 12.6 Å². The van der Waals surface area contributed by atoms with Crippen LogP contribution in [0.15, 0.2) is 4.99 Å². The monoisotopic (exact) mass is 226 g/mol. The Labute approximate surface area is 99.1 Å². The molecule has 0 aromatic rings. The van der Waals surface area contributed by atoms with Crippen molar-refractivity contribution in [3.63, 3.8) is 0 Å².